The maximum Gasteiger partial charge on any atom is 0.215 e. The van der Waals surface area contributed by atoms with Gasteiger partial charge in [0.2, 0.25) is 10.4 Å². The van der Waals surface area contributed by atoms with Crippen LogP contribution in [0.1, 0.15) is 77.6 Å². The molecule has 1 aromatic rings. The summed E-state index contributed by atoms with van der Waals surface area (Å²) >= 11 is 0. The van der Waals surface area contributed by atoms with E-state index in [4.69, 9.17) is 17.5 Å². The minimum Gasteiger partial charge on any atom is -0.726 e. The number of unbranched alkanes of at least 4 members (excludes halogenated alkanes) is 10. The fraction of sp³-hybridized carbons (Fsp3) is 0.727. The highest BCUT2D eigenvalue weighted by Gasteiger charge is 2.17. The zero-order valence-electron chi connectivity index (χ0n) is 19.0. The molecule has 1 rings (SSSR count). The number of hydrogen-bond acceptors (Lipinski definition) is 4. The highest BCUT2D eigenvalue weighted by molar-refractivity contribution is 7.79. The second-order valence-corrected chi connectivity index (χ2v) is 8.56. The quantitative estimate of drug-likeness (QED) is 0.194. The standard InChI is InChI=1S/C21H38N.CH5N.H2O4S/c1-4-5-6-7-8-9-10-11-12-13-17-20-22(2,3)21-18-15-14-16-19-21;1-2;1-5(2,3)4/h14-16,18-19H,4-13,17,20H2,1-3H3;2H2,1H3;(H2,1,2,3,4)/q+1;;/p-1. The van der Waals surface area contributed by atoms with Gasteiger partial charge in [0, 0.05) is 0 Å². The Labute approximate surface area is 179 Å². The Morgan fingerprint density at radius 3 is 1.55 bits per heavy atom. The highest BCUT2D eigenvalue weighted by atomic mass is 32.3. The van der Waals surface area contributed by atoms with Crippen molar-refractivity contribution in [2.45, 2.75) is 77.6 Å². The fourth-order valence-corrected chi connectivity index (χ4v) is 3.13. The van der Waals surface area contributed by atoms with E-state index in [9.17, 15) is 0 Å². The Balaban J connectivity index is 0. The van der Waals surface area contributed by atoms with Crippen LogP contribution >= 0.6 is 0 Å². The molecular formula is C22H44N2O4S. The van der Waals surface area contributed by atoms with E-state index in [0.717, 1.165) is 4.48 Å². The van der Waals surface area contributed by atoms with Crippen LogP contribution in [0, 0.1) is 0 Å². The van der Waals surface area contributed by atoms with E-state index < -0.39 is 10.4 Å². The molecule has 0 aliphatic rings. The molecule has 6 nitrogen and oxygen atoms in total. The lowest BCUT2D eigenvalue weighted by molar-refractivity contribution is 0.366. The lowest BCUT2D eigenvalue weighted by Gasteiger charge is -2.29. The fourth-order valence-electron chi connectivity index (χ4n) is 3.13. The Morgan fingerprint density at radius 2 is 1.17 bits per heavy atom. The van der Waals surface area contributed by atoms with Crippen LogP contribution in [0.15, 0.2) is 30.3 Å². The summed E-state index contributed by atoms with van der Waals surface area (Å²) in [5.74, 6) is 0. The van der Waals surface area contributed by atoms with E-state index in [1.807, 2.05) is 0 Å². The summed E-state index contributed by atoms with van der Waals surface area (Å²) in [4.78, 5) is 0. The number of para-hydroxylation sites is 1. The Bertz CT molecular complexity index is 555. The topological polar surface area (TPSA) is 103 Å². The Hall–Kier alpha value is -0.990. The van der Waals surface area contributed by atoms with Crippen molar-refractivity contribution in [3.8, 4) is 0 Å². The number of rotatable bonds is 13. The van der Waals surface area contributed by atoms with Gasteiger partial charge in [-0.1, -0.05) is 82.9 Å². The zero-order chi connectivity index (χ0) is 22.6. The molecule has 0 aliphatic carbocycles. The smallest absolute Gasteiger partial charge is 0.215 e. The van der Waals surface area contributed by atoms with E-state index in [-0.39, 0.29) is 0 Å². The molecule has 29 heavy (non-hydrogen) atoms. The van der Waals surface area contributed by atoms with Gasteiger partial charge in [-0.25, -0.2) is 8.42 Å². The van der Waals surface area contributed by atoms with E-state index in [1.165, 1.54) is 89.9 Å². The molecule has 0 saturated heterocycles. The zero-order valence-corrected chi connectivity index (χ0v) is 19.8. The van der Waals surface area contributed by atoms with Gasteiger partial charge in [0.25, 0.3) is 0 Å². The highest BCUT2D eigenvalue weighted by Crippen LogP contribution is 2.19. The third-order valence-corrected chi connectivity index (χ3v) is 4.78. The molecule has 3 N–H and O–H groups in total. The summed E-state index contributed by atoms with van der Waals surface area (Å²) < 4.78 is 33.8. The van der Waals surface area contributed by atoms with Gasteiger partial charge in [-0.05, 0) is 32.0 Å². The summed E-state index contributed by atoms with van der Waals surface area (Å²) in [6, 6.07) is 10.9. The summed E-state index contributed by atoms with van der Waals surface area (Å²) in [5, 5.41) is 0. The van der Waals surface area contributed by atoms with Gasteiger partial charge < -0.3 is 10.3 Å². The predicted molar refractivity (Wildman–Crippen MR) is 124 cm³/mol. The average Bonchev–Trinajstić information content (AvgIpc) is 2.67. The third kappa shape index (κ3) is 23.2. The summed E-state index contributed by atoms with van der Waals surface area (Å²) in [5.41, 5.74) is 5.93. The van der Waals surface area contributed by atoms with Crippen LogP contribution in [0.4, 0.5) is 5.69 Å². The van der Waals surface area contributed by atoms with Crippen LogP contribution in [0.3, 0.4) is 0 Å². The first-order valence-electron chi connectivity index (χ1n) is 10.8. The molecule has 0 spiro atoms. The van der Waals surface area contributed by atoms with Gasteiger partial charge >= 0.3 is 0 Å². The minimum absolute atomic E-state index is 1.01. The minimum atomic E-state index is -4.92. The van der Waals surface area contributed by atoms with Crippen molar-refractivity contribution in [1.29, 1.82) is 0 Å². The van der Waals surface area contributed by atoms with E-state index in [0.29, 0.717) is 0 Å². The second kappa shape index (κ2) is 19.0. The van der Waals surface area contributed by atoms with Crippen LogP contribution in [-0.4, -0.2) is 45.2 Å². The van der Waals surface area contributed by atoms with Crippen LogP contribution in [0.5, 0.6) is 0 Å². The molecule has 1 aromatic carbocycles. The first kappa shape index (κ1) is 30.2. The number of nitrogens with zero attached hydrogens (tertiary/aromatic N) is 1. The number of quaternary nitrogens is 1. The molecule has 0 radical (unpaired) electrons. The van der Waals surface area contributed by atoms with Crippen LogP contribution < -0.4 is 10.2 Å². The molecule has 0 atom stereocenters. The summed E-state index contributed by atoms with van der Waals surface area (Å²) in [6.07, 6.45) is 15.6. The predicted octanol–water partition coefficient (Wildman–Crippen LogP) is 5.14. The van der Waals surface area contributed by atoms with E-state index in [1.54, 1.807) is 0 Å². The monoisotopic (exact) mass is 432 g/mol. The molecule has 0 aliphatic heterocycles. The van der Waals surface area contributed by atoms with E-state index >= 15 is 0 Å². The SMILES string of the molecule is CCCCCCCCCCCCC[N+](C)(C)c1ccccc1.CN.O=S(=O)([O-])O. The second-order valence-electron chi connectivity index (χ2n) is 7.71. The van der Waals surface area contributed by atoms with Crippen LogP contribution in [-0.2, 0) is 10.4 Å². The van der Waals surface area contributed by atoms with Gasteiger partial charge in [0.15, 0.2) is 0 Å². The van der Waals surface area contributed by atoms with Gasteiger partial charge in [0.1, 0.15) is 5.69 Å². The number of nitrogens with two attached hydrogens (primary N) is 1. The molecule has 0 heterocycles. The molecule has 0 amide bonds. The van der Waals surface area contributed by atoms with Crippen molar-refractivity contribution in [1.82, 2.24) is 4.48 Å². The van der Waals surface area contributed by atoms with Gasteiger partial charge in [-0.15, -0.1) is 0 Å². The van der Waals surface area contributed by atoms with Crippen molar-refractivity contribution in [2.75, 3.05) is 27.7 Å². The molecule has 7 heteroatoms. The largest absolute Gasteiger partial charge is 0.726 e. The first-order valence-corrected chi connectivity index (χ1v) is 12.2. The molecule has 0 fully saturated rings. The summed E-state index contributed by atoms with van der Waals surface area (Å²) in [6.45, 7) is 3.54. The van der Waals surface area contributed by atoms with Crippen molar-refractivity contribution >= 4 is 16.1 Å². The molecule has 172 valence electrons. The average molecular weight is 433 g/mol. The van der Waals surface area contributed by atoms with Crippen molar-refractivity contribution in [3.63, 3.8) is 0 Å². The Kier molecular flexibility index (Phi) is 19.8. The van der Waals surface area contributed by atoms with Gasteiger partial charge in [-0.2, -0.15) is 0 Å². The van der Waals surface area contributed by atoms with Crippen molar-refractivity contribution in [3.05, 3.63) is 30.3 Å². The van der Waals surface area contributed by atoms with E-state index in [2.05, 4.69) is 57.1 Å². The number of hydrogen-bond donors (Lipinski definition) is 2. The molecule has 0 bridgehead atoms. The van der Waals surface area contributed by atoms with Crippen molar-refractivity contribution in [2.24, 2.45) is 5.73 Å². The molecule has 0 unspecified atom stereocenters. The van der Waals surface area contributed by atoms with Crippen LogP contribution in [0.25, 0.3) is 0 Å². The van der Waals surface area contributed by atoms with Crippen molar-refractivity contribution < 1.29 is 17.5 Å². The maximum atomic E-state index is 8.63. The molecule has 0 saturated carbocycles. The lowest BCUT2D eigenvalue weighted by Crippen LogP contribution is -2.41. The molecular weight excluding hydrogens is 388 g/mol. The lowest BCUT2D eigenvalue weighted by atomic mass is 10.1. The van der Waals surface area contributed by atoms with Gasteiger partial charge in [0.05, 0.1) is 20.6 Å². The maximum absolute atomic E-state index is 8.63. The Morgan fingerprint density at radius 1 is 0.828 bits per heavy atom. The third-order valence-electron chi connectivity index (χ3n) is 4.78. The summed E-state index contributed by atoms with van der Waals surface area (Å²) in [7, 11) is 1.23. The van der Waals surface area contributed by atoms with Crippen LogP contribution in [0.2, 0.25) is 0 Å². The molecule has 0 aromatic heterocycles. The normalized spacial score (nSPS) is 11.1. The first-order chi connectivity index (χ1) is 13.7. The number of benzene rings is 1. The van der Waals surface area contributed by atoms with Gasteiger partial charge in [-0.3, -0.25) is 9.04 Å².